The molecule has 0 spiro atoms. The van der Waals surface area contributed by atoms with Crippen molar-refractivity contribution in [2.45, 2.75) is 19.9 Å². The van der Waals surface area contributed by atoms with Gasteiger partial charge >= 0.3 is 0 Å². The topological polar surface area (TPSA) is 58.4 Å². The summed E-state index contributed by atoms with van der Waals surface area (Å²) in [4.78, 5) is 11.8. The number of rotatable bonds is 4. The van der Waals surface area contributed by atoms with Crippen molar-refractivity contribution in [1.29, 1.82) is 0 Å². The Labute approximate surface area is 123 Å². The highest BCUT2D eigenvalue weighted by atomic mass is 16.2. The van der Waals surface area contributed by atoms with Gasteiger partial charge < -0.3 is 9.88 Å². The molecule has 21 heavy (non-hydrogen) atoms. The first-order valence-electron chi connectivity index (χ1n) is 7.04. The summed E-state index contributed by atoms with van der Waals surface area (Å²) < 4.78 is 2.13. The maximum absolute atomic E-state index is 11.8. The van der Waals surface area contributed by atoms with Gasteiger partial charge in [0.1, 0.15) is 0 Å². The molecule has 1 aliphatic heterocycles. The molecule has 5 nitrogen and oxygen atoms in total. The lowest BCUT2D eigenvalue weighted by molar-refractivity contribution is -0.119. The number of anilines is 1. The van der Waals surface area contributed by atoms with Crippen LogP contribution in [0, 0.1) is 6.92 Å². The first-order chi connectivity index (χ1) is 10.2. The van der Waals surface area contributed by atoms with Gasteiger partial charge in [-0.3, -0.25) is 4.79 Å². The van der Waals surface area contributed by atoms with Gasteiger partial charge in [0.15, 0.2) is 0 Å². The molecule has 0 atom stereocenters. The van der Waals surface area contributed by atoms with Crippen molar-refractivity contribution in [2.75, 3.05) is 11.9 Å². The number of aromatic nitrogens is 1. The third-order valence-electron chi connectivity index (χ3n) is 3.53. The van der Waals surface area contributed by atoms with E-state index in [-0.39, 0.29) is 12.5 Å². The maximum atomic E-state index is 11.8. The van der Waals surface area contributed by atoms with Crippen molar-refractivity contribution in [3.63, 3.8) is 0 Å². The minimum absolute atomic E-state index is 0.145. The Kier molecular flexibility index (Phi) is 3.73. The van der Waals surface area contributed by atoms with Crippen LogP contribution < -0.4 is 10.7 Å². The van der Waals surface area contributed by atoms with E-state index >= 15 is 0 Å². The van der Waals surface area contributed by atoms with Gasteiger partial charge in [0.2, 0.25) is 0 Å². The van der Waals surface area contributed by atoms with Crippen LogP contribution in [0.3, 0.4) is 0 Å². The number of nitrogens with one attached hydrogen (secondary N) is 2. The molecule has 0 unspecified atom stereocenters. The Balaban J connectivity index is 1.52. The van der Waals surface area contributed by atoms with E-state index in [0.29, 0.717) is 0 Å². The highest BCUT2D eigenvalue weighted by Gasteiger charge is 2.16. The highest BCUT2D eigenvalue weighted by Crippen LogP contribution is 2.15. The van der Waals surface area contributed by atoms with Crippen LogP contribution in [0.15, 0.2) is 47.7 Å². The molecule has 1 aromatic carbocycles. The predicted octanol–water partition coefficient (Wildman–Crippen LogP) is 2.13. The molecule has 0 radical (unpaired) electrons. The van der Waals surface area contributed by atoms with Gasteiger partial charge in [-0.2, -0.15) is 5.10 Å². The fourth-order valence-corrected chi connectivity index (χ4v) is 2.36. The van der Waals surface area contributed by atoms with E-state index in [0.717, 1.165) is 30.1 Å². The largest absolute Gasteiger partial charge is 0.376 e. The van der Waals surface area contributed by atoms with E-state index in [2.05, 4.69) is 20.4 Å². The minimum atomic E-state index is -0.145. The maximum Gasteiger partial charge on any atom is 0.259 e. The molecule has 0 bridgehead atoms. The summed E-state index contributed by atoms with van der Waals surface area (Å²) in [6, 6.07) is 11.9. The molecule has 2 N–H and O–H groups in total. The van der Waals surface area contributed by atoms with E-state index in [1.54, 1.807) is 0 Å². The molecule has 0 saturated carbocycles. The summed E-state index contributed by atoms with van der Waals surface area (Å²) in [5.74, 6) is -0.145. The van der Waals surface area contributed by atoms with Crippen molar-refractivity contribution in [2.24, 2.45) is 5.10 Å². The zero-order valence-electron chi connectivity index (χ0n) is 12.0. The second-order valence-corrected chi connectivity index (χ2v) is 5.15. The molecular formula is C16H18N4O. The molecule has 1 amide bonds. The van der Waals surface area contributed by atoms with Crippen molar-refractivity contribution < 1.29 is 4.79 Å². The molecule has 2 heterocycles. The Morgan fingerprint density at radius 3 is 2.90 bits per heavy atom. The number of hydrogen-bond donors (Lipinski definition) is 2. The number of carbonyl (C=O) groups is 1. The van der Waals surface area contributed by atoms with Crippen LogP contribution in [0.5, 0.6) is 0 Å². The number of benzene rings is 1. The van der Waals surface area contributed by atoms with Gasteiger partial charge in [0.05, 0.1) is 18.0 Å². The van der Waals surface area contributed by atoms with Gasteiger partial charge in [-0.05, 0) is 31.2 Å². The van der Waals surface area contributed by atoms with Crippen LogP contribution in [0.4, 0.5) is 5.69 Å². The Morgan fingerprint density at radius 1 is 1.29 bits per heavy atom. The van der Waals surface area contributed by atoms with Crippen LogP contribution in [-0.4, -0.2) is 22.7 Å². The summed E-state index contributed by atoms with van der Waals surface area (Å²) in [7, 11) is 0. The molecule has 0 fully saturated rings. The van der Waals surface area contributed by atoms with E-state index < -0.39 is 0 Å². The normalized spacial score (nSPS) is 15.0. The van der Waals surface area contributed by atoms with Crippen molar-refractivity contribution in [3.8, 4) is 0 Å². The average molecular weight is 282 g/mol. The number of carbonyl (C=O) groups excluding carboxylic acids is 1. The SMILES string of the molecule is Cc1ccc(NCC(=O)N/N=C2/CCn3cccc32)cc1. The fraction of sp³-hybridized carbons (Fsp3) is 0.250. The molecule has 3 rings (SSSR count). The molecule has 2 aromatic rings. The van der Waals surface area contributed by atoms with Gasteiger partial charge in [0, 0.05) is 24.8 Å². The molecule has 1 aromatic heterocycles. The number of amides is 1. The Hall–Kier alpha value is -2.56. The van der Waals surface area contributed by atoms with E-state index in [1.807, 2.05) is 49.5 Å². The van der Waals surface area contributed by atoms with Crippen LogP contribution in [0.1, 0.15) is 17.7 Å². The average Bonchev–Trinajstić information content (AvgIpc) is 3.08. The Morgan fingerprint density at radius 2 is 2.10 bits per heavy atom. The zero-order valence-corrected chi connectivity index (χ0v) is 12.0. The lowest BCUT2D eigenvalue weighted by Crippen LogP contribution is -2.26. The summed E-state index contributed by atoms with van der Waals surface area (Å²) in [6.45, 7) is 3.17. The molecule has 108 valence electrons. The lowest BCUT2D eigenvalue weighted by Gasteiger charge is -2.06. The quantitative estimate of drug-likeness (QED) is 0.844. The Bertz CT molecular complexity index is 670. The van der Waals surface area contributed by atoms with E-state index in [9.17, 15) is 4.79 Å². The highest BCUT2D eigenvalue weighted by molar-refractivity contribution is 6.01. The van der Waals surface area contributed by atoms with Crippen LogP contribution >= 0.6 is 0 Å². The number of fused-ring (bicyclic) bond motifs is 1. The van der Waals surface area contributed by atoms with Crippen LogP contribution in [0.25, 0.3) is 0 Å². The van der Waals surface area contributed by atoms with E-state index in [1.165, 1.54) is 5.56 Å². The van der Waals surface area contributed by atoms with Gasteiger partial charge in [-0.1, -0.05) is 17.7 Å². The van der Waals surface area contributed by atoms with Crippen LogP contribution in [0.2, 0.25) is 0 Å². The van der Waals surface area contributed by atoms with Gasteiger partial charge in [-0.25, -0.2) is 5.43 Å². The molecule has 1 aliphatic rings. The molecule has 0 saturated heterocycles. The van der Waals surface area contributed by atoms with Gasteiger partial charge in [-0.15, -0.1) is 0 Å². The fourth-order valence-electron chi connectivity index (χ4n) is 2.36. The van der Waals surface area contributed by atoms with Gasteiger partial charge in [0.25, 0.3) is 5.91 Å². The molecule has 0 aliphatic carbocycles. The second kappa shape index (κ2) is 5.83. The smallest absolute Gasteiger partial charge is 0.259 e. The van der Waals surface area contributed by atoms with E-state index in [4.69, 9.17) is 0 Å². The number of hydrazone groups is 1. The van der Waals surface area contributed by atoms with Crippen molar-refractivity contribution in [3.05, 3.63) is 53.9 Å². The summed E-state index contributed by atoms with van der Waals surface area (Å²) >= 11 is 0. The first-order valence-corrected chi connectivity index (χ1v) is 7.04. The second-order valence-electron chi connectivity index (χ2n) is 5.15. The van der Waals surface area contributed by atoms with Crippen molar-refractivity contribution in [1.82, 2.24) is 9.99 Å². The van der Waals surface area contributed by atoms with Crippen molar-refractivity contribution >= 4 is 17.3 Å². The zero-order chi connectivity index (χ0) is 14.7. The minimum Gasteiger partial charge on any atom is -0.376 e. The summed E-state index contributed by atoms with van der Waals surface area (Å²) in [6.07, 6.45) is 2.89. The lowest BCUT2D eigenvalue weighted by atomic mass is 10.2. The summed E-state index contributed by atoms with van der Waals surface area (Å²) in [5.41, 5.74) is 6.75. The third kappa shape index (κ3) is 3.13. The number of hydrogen-bond acceptors (Lipinski definition) is 3. The number of nitrogens with zero attached hydrogens (tertiary/aromatic N) is 2. The van der Waals surface area contributed by atoms with Crippen LogP contribution in [-0.2, 0) is 11.3 Å². The number of aryl methyl sites for hydroxylation is 2. The predicted molar refractivity (Wildman–Crippen MR) is 83.4 cm³/mol. The summed E-state index contributed by atoms with van der Waals surface area (Å²) in [5, 5.41) is 7.29. The molecular weight excluding hydrogens is 264 g/mol. The third-order valence-corrected chi connectivity index (χ3v) is 3.53. The monoisotopic (exact) mass is 282 g/mol. The first kappa shape index (κ1) is 13.4. The molecule has 5 heteroatoms. The standard InChI is InChI=1S/C16H18N4O/c1-12-4-6-13(7-5-12)17-11-16(21)19-18-14-8-10-20-9-2-3-15(14)20/h2-7,9,17H,8,10-11H2,1H3,(H,19,21)/b18-14-.